The maximum Gasteiger partial charge on any atom is 0.290 e. The summed E-state index contributed by atoms with van der Waals surface area (Å²) in [6, 6.07) is 8.20. The van der Waals surface area contributed by atoms with Gasteiger partial charge in [0.05, 0.1) is 5.52 Å². The smallest absolute Gasteiger partial charge is 0.290 e. The van der Waals surface area contributed by atoms with Crippen LogP contribution >= 0.6 is 0 Å². The van der Waals surface area contributed by atoms with E-state index in [-0.39, 0.29) is 6.47 Å². The van der Waals surface area contributed by atoms with Crippen molar-refractivity contribution in [3.8, 4) is 0 Å². The van der Waals surface area contributed by atoms with Gasteiger partial charge in [0.1, 0.15) is 5.52 Å². The molecule has 0 saturated carbocycles. The molecule has 6 heteroatoms. The largest absolute Gasteiger partial charge is 0.483 e. The molecule has 24 heavy (non-hydrogen) atoms. The average Bonchev–Trinajstić information content (AvgIpc) is 2.93. The summed E-state index contributed by atoms with van der Waals surface area (Å²) >= 11 is 0. The van der Waals surface area contributed by atoms with Crippen molar-refractivity contribution in [3.63, 3.8) is 0 Å². The summed E-state index contributed by atoms with van der Waals surface area (Å²) in [7, 11) is 0. The van der Waals surface area contributed by atoms with Crippen molar-refractivity contribution in [2.45, 2.75) is 46.1 Å². The Hall–Kier alpha value is -2.63. The number of anilines is 1. The quantitative estimate of drug-likeness (QED) is 0.698. The van der Waals surface area contributed by atoms with E-state index in [1.807, 2.05) is 12.1 Å². The molecule has 2 heterocycles. The Morgan fingerprint density at radius 1 is 1.25 bits per heavy atom. The molecule has 0 aliphatic carbocycles. The van der Waals surface area contributed by atoms with Crippen LogP contribution in [0.3, 0.4) is 0 Å². The third kappa shape index (κ3) is 3.48. The van der Waals surface area contributed by atoms with Crippen molar-refractivity contribution in [1.82, 2.24) is 14.8 Å². The van der Waals surface area contributed by atoms with Gasteiger partial charge in [0.25, 0.3) is 6.47 Å². The minimum absolute atomic E-state index is 0.250. The lowest BCUT2D eigenvalue weighted by molar-refractivity contribution is -0.122. The van der Waals surface area contributed by atoms with Gasteiger partial charge in [-0.1, -0.05) is 38.5 Å². The first-order chi connectivity index (χ1) is 11.7. The second-order valence-electron chi connectivity index (χ2n) is 5.62. The number of carboxylic acid groups (broad SMARTS) is 1. The van der Waals surface area contributed by atoms with Crippen LogP contribution in [0.2, 0.25) is 0 Å². The summed E-state index contributed by atoms with van der Waals surface area (Å²) in [5.41, 5.74) is 9.26. The minimum Gasteiger partial charge on any atom is -0.483 e. The Morgan fingerprint density at radius 3 is 2.62 bits per heavy atom. The Labute approximate surface area is 141 Å². The van der Waals surface area contributed by atoms with Crippen LogP contribution in [0.25, 0.3) is 21.8 Å². The monoisotopic (exact) mass is 328 g/mol. The number of hydrogen-bond donors (Lipinski definition) is 2. The van der Waals surface area contributed by atoms with E-state index >= 15 is 0 Å². The number of fused-ring (bicyclic) bond motifs is 3. The molecule has 0 aliphatic rings. The van der Waals surface area contributed by atoms with Gasteiger partial charge in [-0.2, -0.15) is 5.10 Å². The summed E-state index contributed by atoms with van der Waals surface area (Å²) in [5.74, 6) is 0.538. The summed E-state index contributed by atoms with van der Waals surface area (Å²) < 4.78 is 2.13. The number of aryl methyl sites for hydroxylation is 2. The number of aromatic nitrogens is 3. The lowest BCUT2D eigenvalue weighted by Crippen LogP contribution is -2.04. The van der Waals surface area contributed by atoms with Gasteiger partial charge in [0.2, 0.25) is 0 Å². The molecule has 0 bridgehead atoms. The second-order valence-corrected chi connectivity index (χ2v) is 5.62. The second kappa shape index (κ2) is 8.29. The van der Waals surface area contributed by atoms with Crippen molar-refractivity contribution in [2.75, 3.05) is 5.73 Å². The lowest BCUT2D eigenvalue weighted by atomic mass is 10.1. The fourth-order valence-corrected chi connectivity index (χ4v) is 2.92. The van der Waals surface area contributed by atoms with Crippen LogP contribution in [0.5, 0.6) is 0 Å². The molecular formula is C18H24N4O2. The number of nitrogen functional groups attached to an aromatic ring is 1. The molecule has 0 atom stereocenters. The first-order valence-corrected chi connectivity index (χ1v) is 8.29. The molecule has 128 valence electrons. The van der Waals surface area contributed by atoms with Crippen LogP contribution in [0.4, 0.5) is 5.82 Å². The number of carbonyl (C=O) groups is 1. The highest BCUT2D eigenvalue weighted by molar-refractivity contribution is 6.09. The maximum absolute atomic E-state index is 8.36. The average molecular weight is 328 g/mol. The van der Waals surface area contributed by atoms with Crippen LogP contribution in [-0.2, 0) is 17.8 Å². The highest BCUT2D eigenvalue weighted by Gasteiger charge is 2.16. The van der Waals surface area contributed by atoms with Crippen molar-refractivity contribution in [3.05, 3.63) is 30.0 Å². The van der Waals surface area contributed by atoms with E-state index < -0.39 is 0 Å². The van der Waals surface area contributed by atoms with Gasteiger partial charge in [0, 0.05) is 23.0 Å². The number of para-hydroxylation sites is 1. The van der Waals surface area contributed by atoms with Crippen molar-refractivity contribution in [1.29, 1.82) is 0 Å². The summed E-state index contributed by atoms with van der Waals surface area (Å²) in [6.07, 6.45) is 4.46. The van der Waals surface area contributed by atoms with Crippen molar-refractivity contribution < 1.29 is 9.90 Å². The summed E-state index contributed by atoms with van der Waals surface area (Å²) in [4.78, 5) is 12.9. The van der Waals surface area contributed by atoms with Gasteiger partial charge in [-0.15, -0.1) is 0 Å². The molecule has 0 amide bonds. The standard InChI is InChI=1S/C17H22N4.CH2O2/c1-3-5-10-14-15-12-8-6-7-9-13(12)19-17(18)16(15)20-21(14)11-4-2;2-1-3/h6-9H,3-5,10-11H2,1-2H3,(H2,18,19);1H,(H,2,3). The zero-order valence-electron chi connectivity index (χ0n) is 14.2. The number of rotatable bonds is 5. The molecule has 2 aromatic heterocycles. The molecule has 3 rings (SSSR count). The summed E-state index contributed by atoms with van der Waals surface area (Å²) in [6.45, 7) is 5.08. The van der Waals surface area contributed by atoms with E-state index in [1.54, 1.807) is 0 Å². The molecule has 0 radical (unpaired) electrons. The van der Waals surface area contributed by atoms with Gasteiger partial charge in [-0.25, -0.2) is 4.98 Å². The predicted octanol–water partition coefficient (Wildman–Crippen LogP) is 3.62. The maximum atomic E-state index is 8.36. The third-order valence-corrected chi connectivity index (χ3v) is 3.92. The number of pyridine rings is 1. The van der Waals surface area contributed by atoms with Gasteiger partial charge in [-0.05, 0) is 25.3 Å². The normalized spacial score (nSPS) is 10.6. The highest BCUT2D eigenvalue weighted by Crippen LogP contribution is 2.31. The number of nitrogens with two attached hydrogens (primary N) is 1. The highest BCUT2D eigenvalue weighted by atomic mass is 16.3. The zero-order valence-corrected chi connectivity index (χ0v) is 14.2. The van der Waals surface area contributed by atoms with Gasteiger partial charge in [-0.3, -0.25) is 9.48 Å². The molecule has 0 unspecified atom stereocenters. The van der Waals surface area contributed by atoms with Gasteiger partial charge >= 0.3 is 0 Å². The minimum atomic E-state index is -0.250. The Balaban J connectivity index is 0.000000647. The fraction of sp³-hybridized carbons (Fsp3) is 0.389. The molecule has 3 N–H and O–H groups in total. The van der Waals surface area contributed by atoms with E-state index in [9.17, 15) is 0 Å². The van der Waals surface area contributed by atoms with Crippen LogP contribution in [0.1, 0.15) is 38.8 Å². The van der Waals surface area contributed by atoms with Gasteiger partial charge < -0.3 is 10.8 Å². The van der Waals surface area contributed by atoms with E-state index in [2.05, 4.69) is 35.6 Å². The van der Waals surface area contributed by atoms with Crippen LogP contribution in [0, 0.1) is 0 Å². The van der Waals surface area contributed by atoms with Crippen molar-refractivity contribution >= 4 is 34.1 Å². The lowest BCUT2D eigenvalue weighted by Gasteiger charge is -2.07. The van der Waals surface area contributed by atoms with Crippen LogP contribution in [0.15, 0.2) is 24.3 Å². The molecule has 0 spiro atoms. The first-order valence-electron chi connectivity index (χ1n) is 8.29. The first kappa shape index (κ1) is 17.7. The van der Waals surface area contributed by atoms with Gasteiger partial charge in [0.15, 0.2) is 5.82 Å². The van der Waals surface area contributed by atoms with E-state index in [1.165, 1.54) is 23.9 Å². The molecule has 3 aromatic rings. The fourth-order valence-electron chi connectivity index (χ4n) is 2.92. The van der Waals surface area contributed by atoms with E-state index in [0.29, 0.717) is 5.82 Å². The number of unbranched alkanes of at least 4 members (excludes halogenated alkanes) is 1. The Kier molecular flexibility index (Phi) is 6.12. The number of nitrogens with zero attached hydrogens (tertiary/aromatic N) is 3. The Morgan fingerprint density at radius 2 is 1.96 bits per heavy atom. The van der Waals surface area contributed by atoms with Crippen molar-refractivity contribution in [2.24, 2.45) is 0 Å². The van der Waals surface area contributed by atoms with E-state index in [4.69, 9.17) is 20.7 Å². The zero-order chi connectivity index (χ0) is 17.5. The Bertz CT molecular complexity index is 827. The number of benzene rings is 1. The third-order valence-electron chi connectivity index (χ3n) is 3.92. The molecule has 0 aliphatic heterocycles. The SMILES string of the molecule is CCCCc1c2c(nn1CCC)c(N)nc1ccccc12.O=CO. The summed E-state index contributed by atoms with van der Waals surface area (Å²) in [5, 5.41) is 14.0. The molecular weight excluding hydrogens is 304 g/mol. The number of hydrogen-bond acceptors (Lipinski definition) is 4. The predicted molar refractivity (Wildman–Crippen MR) is 97.0 cm³/mol. The topological polar surface area (TPSA) is 94.0 Å². The van der Waals surface area contributed by atoms with Crippen LogP contribution in [-0.4, -0.2) is 26.3 Å². The molecule has 0 saturated heterocycles. The molecule has 0 fully saturated rings. The van der Waals surface area contributed by atoms with Crippen LogP contribution < -0.4 is 5.73 Å². The molecule has 1 aromatic carbocycles. The molecule has 6 nitrogen and oxygen atoms in total. The van der Waals surface area contributed by atoms with E-state index in [0.717, 1.165) is 35.8 Å².